The van der Waals surface area contributed by atoms with Gasteiger partial charge in [0, 0.05) is 37.0 Å². The average Bonchev–Trinajstić information content (AvgIpc) is 3.58. The molecule has 0 bridgehead atoms. The molecule has 4 aliphatic rings. The second-order valence-electron chi connectivity index (χ2n) is 10.6. The summed E-state index contributed by atoms with van der Waals surface area (Å²) in [6.45, 7) is 1.68. The Morgan fingerprint density at radius 1 is 1.03 bits per heavy atom. The Kier molecular flexibility index (Phi) is 6.82. The van der Waals surface area contributed by atoms with Crippen LogP contribution in [0.3, 0.4) is 0 Å². The van der Waals surface area contributed by atoms with E-state index in [1.807, 2.05) is 12.1 Å². The van der Waals surface area contributed by atoms with Gasteiger partial charge in [0.15, 0.2) is 0 Å². The molecule has 0 spiro atoms. The zero-order valence-corrected chi connectivity index (χ0v) is 19.3. The fraction of sp³-hybridized carbons (Fsp3) is 0.704. The second-order valence-corrected chi connectivity index (χ2v) is 10.6. The van der Waals surface area contributed by atoms with Crippen LogP contribution in [0.2, 0.25) is 0 Å². The Hall–Kier alpha value is -1.88. The van der Waals surface area contributed by atoms with Crippen molar-refractivity contribution in [1.29, 1.82) is 0 Å². The minimum atomic E-state index is 0.0573. The zero-order chi connectivity index (χ0) is 21.9. The molecule has 5 heteroatoms. The smallest absolute Gasteiger partial charge is 0.225 e. The van der Waals surface area contributed by atoms with Crippen LogP contribution in [0.5, 0.6) is 0 Å². The number of hydrogen-bond acceptors (Lipinski definition) is 3. The lowest BCUT2D eigenvalue weighted by Crippen LogP contribution is -2.46. The molecule has 1 aromatic rings. The van der Waals surface area contributed by atoms with Crippen molar-refractivity contribution in [2.45, 2.75) is 89.3 Å². The maximum Gasteiger partial charge on any atom is 0.225 e. The van der Waals surface area contributed by atoms with E-state index in [4.69, 9.17) is 4.74 Å². The van der Waals surface area contributed by atoms with Crippen molar-refractivity contribution in [1.82, 2.24) is 4.90 Å². The predicted octanol–water partition coefficient (Wildman–Crippen LogP) is 5.46. The van der Waals surface area contributed by atoms with Crippen LogP contribution in [0.25, 0.3) is 0 Å². The second kappa shape index (κ2) is 9.94. The lowest BCUT2D eigenvalue weighted by atomic mass is 9.90. The SMILES string of the molecule is O=C(CCC1CCCC1)Nc1cccc(C2CC3CN(C(=O)C4CCCC4)CCC3O2)c1. The van der Waals surface area contributed by atoms with E-state index < -0.39 is 0 Å². The highest BCUT2D eigenvalue weighted by Crippen LogP contribution is 2.42. The molecule has 3 unspecified atom stereocenters. The quantitative estimate of drug-likeness (QED) is 0.641. The van der Waals surface area contributed by atoms with Gasteiger partial charge >= 0.3 is 0 Å². The molecule has 2 amide bonds. The molecule has 2 heterocycles. The number of fused-ring (bicyclic) bond motifs is 1. The highest BCUT2D eigenvalue weighted by molar-refractivity contribution is 5.90. The number of benzene rings is 1. The number of nitrogens with one attached hydrogen (secondary N) is 1. The Morgan fingerprint density at radius 2 is 1.81 bits per heavy atom. The normalized spacial score (nSPS) is 28.8. The average molecular weight is 439 g/mol. The molecule has 2 saturated heterocycles. The molecule has 32 heavy (non-hydrogen) atoms. The third kappa shape index (κ3) is 5.03. The number of piperidine rings is 1. The third-order valence-electron chi connectivity index (χ3n) is 8.33. The predicted molar refractivity (Wildman–Crippen MR) is 125 cm³/mol. The summed E-state index contributed by atoms with van der Waals surface area (Å²) in [7, 11) is 0. The molecule has 0 aromatic heterocycles. The van der Waals surface area contributed by atoms with E-state index in [0.717, 1.165) is 62.4 Å². The minimum absolute atomic E-state index is 0.0573. The van der Waals surface area contributed by atoms with Gasteiger partial charge in [-0.1, -0.05) is 50.7 Å². The van der Waals surface area contributed by atoms with Crippen molar-refractivity contribution >= 4 is 17.5 Å². The molecule has 2 aliphatic carbocycles. The highest BCUT2D eigenvalue weighted by Gasteiger charge is 2.41. The summed E-state index contributed by atoms with van der Waals surface area (Å²) in [4.78, 5) is 27.4. The highest BCUT2D eigenvalue weighted by atomic mass is 16.5. The van der Waals surface area contributed by atoms with Crippen molar-refractivity contribution in [3.8, 4) is 0 Å². The number of ether oxygens (including phenoxy) is 1. The molecule has 2 aliphatic heterocycles. The van der Waals surface area contributed by atoms with E-state index in [1.54, 1.807) is 0 Å². The minimum Gasteiger partial charge on any atom is -0.370 e. The van der Waals surface area contributed by atoms with Crippen LogP contribution in [0.4, 0.5) is 5.69 Å². The number of hydrogen-bond donors (Lipinski definition) is 1. The molecule has 2 saturated carbocycles. The molecule has 3 atom stereocenters. The van der Waals surface area contributed by atoms with E-state index in [9.17, 15) is 9.59 Å². The first kappa shape index (κ1) is 21.9. The van der Waals surface area contributed by atoms with Gasteiger partial charge in [0.2, 0.25) is 11.8 Å². The fourth-order valence-corrected chi connectivity index (χ4v) is 6.48. The van der Waals surface area contributed by atoms with E-state index in [1.165, 1.54) is 38.5 Å². The molecular weight excluding hydrogens is 400 g/mol. The number of carbonyl (C=O) groups is 2. The Labute approximate surface area is 192 Å². The maximum absolute atomic E-state index is 12.9. The van der Waals surface area contributed by atoms with E-state index in [-0.39, 0.29) is 24.0 Å². The van der Waals surface area contributed by atoms with Gasteiger partial charge in [-0.25, -0.2) is 0 Å². The van der Waals surface area contributed by atoms with E-state index in [2.05, 4.69) is 22.3 Å². The van der Waals surface area contributed by atoms with Crippen molar-refractivity contribution in [2.24, 2.45) is 17.8 Å². The van der Waals surface area contributed by atoms with Gasteiger partial charge in [0.05, 0.1) is 12.2 Å². The lowest BCUT2D eigenvalue weighted by Gasteiger charge is -2.35. The van der Waals surface area contributed by atoms with Crippen molar-refractivity contribution in [3.05, 3.63) is 29.8 Å². The number of likely N-dealkylation sites (tertiary alicyclic amines) is 1. The first-order chi connectivity index (χ1) is 15.7. The van der Waals surface area contributed by atoms with Gasteiger partial charge in [-0.05, 0) is 55.7 Å². The number of rotatable bonds is 6. The van der Waals surface area contributed by atoms with E-state index >= 15 is 0 Å². The summed E-state index contributed by atoms with van der Waals surface area (Å²) < 4.78 is 6.43. The monoisotopic (exact) mass is 438 g/mol. The molecule has 5 rings (SSSR count). The number of carbonyl (C=O) groups excluding carboxylic acids is 2. The van der Waals surface area contributed by atoms with Crippen LogP contribution in [0.1, 0.15) is 88.7 Å². The molecule has 0 radical (unpaired) electrons. The summed E-state index contributed by atoms with van der Waals surface area (Å²) in [5.41, 5.74) is 2.01. The number of nitrogens with zero attached hydrogens (tertiary/aromatic N) is 1. The third-order valence-corrected chi connectivity index (χ3v) is 8.33. The van der Waals surface area contributed by atoms with Crippen LogP contribution >= 0.6 is 0 Å². The van der Waals surface area contributed by atoms with Crippen LogP contribution < -0.4 is 5.32 Å². The van der Waals surface area contributed by atoms with Gasteiger partial charge in [-0.2, -0.15) is 0 Å². The summed E-state index contributed by atoms with van der Waals surface area (Å²) in [5.74, 6) is 1.92. The molecular formula is C27H38N2O3. The largest absolute Gasteiger partial charge is 0.370 e. The number of anilines is 1. The topological polar surface area (TPSA) is 58.6 Å². The fourth-order valence-electron chi connectivity index (χ4n) is 6.48. The van der Waals surface area contributed by atoms with Crippen LogP contribution in [0, 0.1) is 17.8 Å². The van der Waals surface area contributed by atoms with Gasteiger partial charge in [0.25, 0.3) is 0 Å². The Morgan fingerprint density at radius 3 is 2.62 bits per heavy atom. The van der Waals surface area contributed by atoms with Crippen LogP contribution in [-0.2, 0) is 14.3 Å². The molecule has 174 valence electrons. The summed E-state index contributed by atoms with van der Waals surface area (Å²) >= 11 is 0. The first-order valence-electron chi connectivity index (χ1n) is 13.0. The molecule has 5 nitrogen and oxygen atoms in total. The molecule has 4 fully saturated rings. The number of amides is 2. The lowest BCUT2D eigenvalue weighted by molar-refractivity contribution is -0.138. The summed E-state index contributed by atoms with van der Waals surface area (Å²) in [5, 5.41) is 3.10. The standard InChI is InChI=1S/C27H38N2O3/c30-26(13-12-19-6-1-2-7-19)28-23-11-5-10-21(16-23)25-17-22-18-29(15-14-24(22)32-25)27(31)20-8-3-4-9-20/h5,10-11,16,19-20,22,24-25H,1-4,6-9,12-15,17-18H2,(H,28,30). The first-order valence-corrected chi connectivity index (χ1v) is 13.0. The van der Waals surface area contributed by atoms with Gasteiger partial charge in [-0.3, -0.25) is 9.59 Å². The molecule has 1 aromatic carbocycles. The van der Waals surface area contributed by atoms with Crippen LogP contribution in [-0.4, -0.2) is 35.9 Å². The van der Waals surface area contributed by atoms with E-state index in [0.29, 0.717) is 18.2 Å². The van der Waals surface area contributed by atoms with Gasteiger partial charge in [0.1, 0.15) is 0 Å². The Balaban J connectivity index is 1.15. The van der Waals surface area contributed by atoms with Gasteiger partial charge in [-0.15, -0.1) is 0 Å². The zero-order valence-electron chi connectivity index (χ0n) is 19.3. The van der Waals surface area contributed by atoms with Crippen molar-refractivity contribution in [3.63, 3.8) is 0 Å². The Bertz CT molecular complexity index is 813. The maximum atomic E-state index is 12.9. The van der Waals surface area contributed by atoms with Crippen molar-refractivity contribution in [2.75, 3.05) is 18.4 Å². The molecule has 1 N–H and O–H groups in total. The van der Waals surface area contributed by atoms with Crippen molar-refractivity contribution < 1.29 is 14.3 Å². The summed E-state index contributed by atoms with van der Waals surface area (Å²) in [6.07, 6.45) is 13.6. The summed E-state index contributed by atoms with van der Waals surface area (Å²) in [6, 6.07) is 8.18. The van der Waals surface area contributed by atoms with Crippen LogP contribution in [0.15, 0.2) is 24.3 Å². The van der Waals surface area contributed by atoms with Gasteiger partial charge < -0.3 is 15.0 Å².